The molecule has 116 valence electrons. The van der Waals surface area contributed by atoms with E-state index in [2.05, 4.69) is 15.5 Å². The lowest BCUT2D eigenvalue weighted by atomic mass is 10.1. The van der Waals surface area contributed by atoms with Crippen molar-refractivity contribution in [2.45, 2.75) is 6.92 Å². The molecule has 2 N–H and O–H groups in total. The van der Waals surface area contributed by atoms with E-state index in [-0.39, 0.29) is 11.5 Å². The van der Waals surface area contributed by atoms with Gasteiger partial charge in [-0.25, -0.2) is 4.39 Å². The molecule has 1 aromatic heterocycles. The number of hydrogen-bond acceptors (Lipinski definition) is 2. The second kappa shape index (κ2) is 6.22. The number of hydrogen-bond donors (Lipinski definition) is 2. The van der Waals surface area contributed by atoms with Crippen LogP contribution in [0.15, 0.2) is 48.5 Å². The van der Waals surface area contributed by atoms with Crippen LogP contribution in [0.2, 0.25) is 5.02 Å². The number of aromatic nitrogens is 2. The molecule has 0 bridgehead atoms. The van der Waals surface area contributed by atoms with E-state index in [0.29, 0.717) is 22.0 Å². The van der Waals surface area contributed by atoms with Crippen LogP contribution in [0.5, 0.6) is 0 Å². The van der Waals surface area contributed by atoms with Crippen molar-refractivity contribution >= 4 is 23.2 Å². The first-order chi connectivity index (χ1) is 11.0. The number of H-pyrrole nitrogens is 1. The highest BCUT2D eigenvalue weighted by molar-refractivity contribution is 6.30. The lowest BCUT2D eigenvalue weighted by molar-refractivity contribution is 0.102. The zero-order valence-corrected chi connectivity index (χ0v) is 13.0. The first-order valence-electron chi connectivity index (χ1n) is 6.92. The van der Waals surface area contributed by atoms with Crippen LogP contribution in [0.1, 0.15) is 16.1 Å². The maximum Gasteiger partial charge on any atom is 0.273 e. The standard InChI is InChI=1S/C17H13ClFN3O/c1-10-5-6-13(8-14(10)19)20-17(23)16-9-15(21-22-16)11-3-2-4-12(18)7-11/h2-9H,1H3,(H,20,23)(H,21,22). The van der Waals surface area contributed by atoms with Crippen LogP contribution in [0.3, 0.4) is 0 Å². The van der Waals surface area contributed by atoms with Crippen LogP contribution >= 0.6 is 11.6 Å². The Kier molecular flexibility index (Phi) is 4.12. The van der Waals surface area contributed by atoms with Crippen LogP contribution in [-0.2, 0) is 0 Å². The van der Waals surface area contributed by atoms with Gasteiger partial charge in [-0.3, -0.25) is 9.89 Å². The Morgan fingerprint density at radius 2 is 2.04 bits per heavy atom. The number of rotatable bonds is 3. The number of carbonyl (C=O) groups is 1. The van der Waals surface area contributed by atoms with Crippen LogP contribution in [0.4, 0.5) is 10.1 Å². The van der Waals surface area contributed by atoms with Gasteiger partial charge < -0.3 is 5.32 Å². The molecule has 1 amide bonds. The predicted octanol–water partition coefficient (Wildman–Crippen LogP) is 4.43. The minimum absolute atomic E-state index is 0.279. The van der Waals surface area contributed by atoms with Crippen LogP contribution in [0, 0.1) is 12.7 Å². The summed E-state index contributed by atoms with van der Waals surface area (Å²) in [6.07, 6.45) is 0. The fourth-order valence-corrected chi connectivity index (χ4v) is 2.29. The van der Waals surface area contributed by atoms with E-state index in [1.165, 1.54) is 6.07 Å². The third-order valence-corrected chi connectivity index (χ3v) is 3.61. The van der Waals surface area contributed by atoms with E-state index < -0.39 is 5.91 Å². The molecule has 0 aliphatic carbocycles. The molecule has 3 aromatic rings. The fourth-order valence-electron chi connectivity index (χ4n) is 2.10. The predicted molar refractivity (Wildman–Crippen MR) is 88.1 cm³/mol. The molecule has 0 atom stereocenters. The Balaban J connectivity index is 1.79. The Hall–Kier alpha value is -2.66. The summed E-state index contributed by atoms with van der Waals surface area (Å²) >= 11 is 5.95. The quantitative estimate of drug-likeness (QED) is 0.746. The van der Waals surface area contributed by atoms with E-state index in [4.69, 9.17) is 11.6 Å². The highest BCUT2D eigenvalue weighted by atomic mass is 35.5. The molecule has 0 saturated heterocycles. The van der Waals surface area contributed by atoms with Gasteiger partial charge in [0, 0.05) is 16.3 Å². The normalized spacial score (nSPS) is 10.6. The molecular formula is C17H13ClFN3O. The van der Waals surface area contributed by atoms with Gasteiger partial charge in [0.25, 0.3) is 5.91 Å². The highest BCUT2D eigenvalue weighted by Crippen LogP contribution is 2.22. The molecule has 0 aliphatic rings. The first-order valence-corrected chi connectivity index (χ1v) is 7.29. The summed E-state index contributed by atoms with van der Waals surface area (Å²) in [6, 6.07) is 13.3. The average molecular weight is 330 g/mol. The van der Waals surface area contributed by atoms with Gasteiger partial charge >= 0.3 is 0 Å². The summed E-state index contributed by atoms with van der Waals surface area (Å²) in [5.74, 6) is -0.763. The molecule has 0 spiro atoms. The van der Waals surface area contributed by atoms with E-state index >= 15 is 0 Å². The van der Waals surface area contributed by atoms with Gasteiger partial charge in [-0.2, -0.15) is 5.10 Å². The average Bonchev–Trinajstić information content (AvgIpc) is 3.01. The number of amides is 1. The van der Waals surface area contributed by atoms with E-state index in [0.717, 1.165) is 5.56 Å². The third-order valence-electron chi connectivity index (χ3n) is 3.37. The summed E-state index contributed by atoms with van der Waals surface area (Å²) < 4.78 is 13.5. The summed E-state index contributed by atoms with van der Waals surface area (Å²) in [4.78, 5) is 12.2. The van der Waals surface area contributed by atoms with Crippen molar-refractivity contribution in [1.29, 1.82) is 0 Å². The van der Waals surface area contributed by atoms with Crippen molar-refractivity contribution in [3.63, 3.8) is 0 Å². The molecule has 2 aromatic carbocycles. The van der Waals surface area contributed by atoms with Crippen LogP contribution in [0.25, 0.3) is 11.3 Å². The van der Waals surface area contributed by atoms with Crippen molar-refractivity contribution in [2.75, 3.05) is 5.32 Å². The van der Waals surface area contributed by atoms with Crippen molar-refractivity contribution in [2.24, 2.45) is 0 Å². The number of halogens is 2. The van der Waals surface area contributed by atoms with Crippen LogP contribution < -0.4 is 5.32 Å². The fraction of sp³-hybridized carbons (Fsp3) is 0.0588. The zero-order valence-electron chi connectivity index (χ0n) is 12.2. The van der Waals surface area contributed by atoms with E-state index in [9.17, 15) is 9.18 Å². The number of nitrogens with zero attached hydrogens (tertiary/aromatic N) is 1. The second-order valence-corrected chi connectivity index (χ2v) is 5.53. The van der Waals surface area contributed by atoms with Crippen molar-refractivity contribution in [3.05, 3.63) is 70.6 Å². The summed E-state index contributed by atoms with van der Waals surface area (Å²) in [6.45, 7) is 1.66. The maximum absolute atomic E-state index is 13.5. The molecule has 0 aliphatic heterocycles. The zero-order chi connectivity index (χ0) is 16.4. The second-order valence-electron chi connectivity index (χ2n) is 5.10. The molecule has 0 fully saturated rings. The van der Waals surface area contributed by atoms with Gasteiger partial charge in [0.2, 0.25) is 0 Å². The smallest absolute Gasteiger partial charge is 0.273 e. The summed E-state index contributed by atoms with van der Waals surface area (Å²) in [5, 5.41) is 9.99. The number of nitrogens with one attached hydrogen (secondary N) is 2. The Morgan fingerprint density at radius 3 is 2.78 bits per heavy atom. The largest absolute Gasteiger partial charge is 0.321 e. The number of aryl methyl sites for hydroxylation is 1. The topological polar surface area (TPSA) is 57.8 Å². The Morgan fingerprint density at radius 1 is 1.22 bits per heavy atom. The van der Waals surface area contributed by atoms with Crippen LogP contribution in [-0.4, -0.2) is 16.1 Å². The lowest BCUT2D eigenvalue weighted by Gasteiger charge is -2.04. The molecule has 0 unspecified atom stereocenters. The SMILES string of the molecule is Cc1ccc(NC(=O)c2cc(-c3cccc(Cl)c3)n[nH]2)cc1F. The number of carbonyl (C=O) groups excluding carboxylic acids is 1. The van der Waals surface area contributed by atoms with Gasteiger partial charge in [0.15, 0.2) is 0 Å². The van der Waals surface area contributed by atoms with Gasteiger partial charge in [0.05, 0.1) is 5.69 Å². The molecule has 6 heteroatoms. The minimum Gasteiger partial charge on any atom is -0.321 e. The maximum atomic E-state index is 13.5. The Labute approximate surface area is 137 Å². The lowest BCUT2D eigenvalue weighted by Crippen LogP contribution is -2.12. The van der Waals surface area contributed by atoms with Gasteiger partial charge in [-0.1, -0.05) is 29.8 Å². The monoisotopic (exact) mass is 329 g/mol. The molecule has 0 radical (unpaired) electrons. The molecule has 3 rings (SSSR count). The molecular weight excluding hydrogens is 317 g/mol. The van der Waals surface area contributed by atoms with Crippen molar-refractivity contribution in [3.8, 4) is 11.3 Å². The van der Waals surface area contributed by atoms with Crippen molar-refractivity contribution < 1.29 is 9.18 Å². The van der Waals surface area contributed by atoms with Gasteiger partial charge in [-0.05, 0) is 42.8 Å². The minimum atomic E-state index is -0.394. The third kappa shape index (κ3) is 3.40. The van der Waals surface area contributed by atoms with Crippen molar-refractivity contribution in [1.82, 2.24) is 10.2 Å². The van der Waals surface area contributed by atoms with Gasteiger partial charge in [0.1, 0.15) is 11.5 Å². The Bertz CT molecular complexity index is 876. The number of benzene rings is 2. The molecule has 1 heterocycles. The number of anilines is 1. The van der Waals surface area contributed by atoms with E-state index in [1.54, 1.807) is 43.3 Å². The molecule has 0 saturated carbocycles. The first kappa shape index (κ1) is 15.2. The summed E-state index contributed by atoms with van der Waals surface area (Å²) in [7, 11) is 0. The number of aromatic amines is 1. The molecule has 23 heavy (non-hydrogen) atoms. The molecule has 4 nitrogen and oxygen atoms in total. The highest BCUT2D eigenvalue weighted by Gasteiger charge is 2.12. The van der Waals surface area contributed by atoms with Gasteiger partial charge in [-0.15, -0.1) is 0 Å². The summed E-state index contributed by atoms with van der Waals surface area (Å²) in [5.41, 5.74) is 2.59. The van der Waals surface area contributed by atoms with E-state index in [1.807, 2.05) is 6.07 Å².